The Bertz CT molecular complexity index is 793. The molecule has 0 unspecified atom stereocenters. The molecule has 0 amide bonds. The highest BCUT2D eigenvalue weighted by Crippen LogP contribution is 2.21. The van der Waals surface area contributed by atoms with Crippen molar-refractivity contribution in [2.24, 2.45) is 0 Å². The Kier molecular flexibility index (Phi) is 4.86. The first kappa shape index (κ1) is 16.1. The average Bonchev–Trinajstić information content (AvgIpc) is 2.76. The Labute approximate surface area is 130 Å². The van der Waals surface area contributed by atoms with Gasteiger partial charge in [-0.1, -0.05) is 23.4 Å². The Morgan fingerprint density at radius 1 is 1.50 bits per heavy atom. The zero-order chi connectivity index (χ0) is 16.3. The number of aliphatic carboxylic acids is 1. The van der Waals surface area contributed by atoms with Crippen LogP contribution in [0.1, 0.15) is 20.3 Å². The van der Waals surface area contributed by atoms with Crippen LogP contribution in [0.2, 0.25) is 0 Å². The van der Waals surface area contributed by atoms with Gasteiger partial charge in [0.05, 0.1) is 6.42 Å². The summed E-state index contributed by atoms with van der Waals surface area (Å²) in [6, 6.07) is 0. The Balaban J connectivity index is 2.40. The van der Waals surface area contributed by atoms with Crippen molar-refractivity contribution in [3.8, 4) is 0 Å². The van der Waals surface area contributed by atoms with E-state index in [9.17, 15) is 9.59 Å². The number of nitrogens with one attached hydrogen (secondary N) is 1. The van der Waals surface area contributed by atoms with Gasteiger partial charge in [-0.15, -0.1) is 0 Å². The molecule has 0 spiro atoms. The molecule has 0 fully saturated rings. The first-order valence-corrected chi connectivity index (χ1v) is 7.63. The summed E-state index contributed by atoms with van der Waals surface area (Å²) in [4.78, 5) is 33.6. The number of nitrogens with zero attached hydrogens (tertiary/aromatic N) is 3. The number of carboxylic acid groups (broad SMARTS) is 1. The van der Waals surface area contributed by atoms with E-state index in [2.05, 4.69) is 15.0 Å². The quantitative estimate of drug-likeness (QED) is 0.414. The van der Waals surface area contributed by atoms with E-state index in [1.54, 1.807) is 0 Å². The van der Waals surface area contributed by atoms with Crippen molar-refractivity contribution < 1.29 is 9.90 Å². The number of anilines is 1. The van der Waals surface area contributed by atoms with Crippen molar-refractivity contribution in [3.63, 3.8) is 0 Å². The van der Waals surface area contributed by atoms with E-state index in [4.69, 9.17) is 10.8 Å². The second-order valence-corrected chi connectivity index (χ2v) is 5.80. The van der Waals surface area contributed by atoms with E-state index in [0.29, 0.717) is 28.6 Å². The van der Waals surface area contributed by atoms with Gasteiger partial charge in [0.1, 0.15) is 5.52 Å². The summed E-state index contributed by atoms with van der Waals surface area (Å²) in [5, 5.41) is 9.01. The number of allylic oxidation sites excluding steroid dienone is 2. The fourth-order valence-corrected chi connectivity index (χ4v) is 2.59. The highest BCUT2D eigenvalue weighted by Gasteiger charge is 2.14. The molecule has 118 valence electrons. The SMILES string of the molecule is C/C=C(\C)Cn1c(=O)[nH]c2c(N)nc(SCCC(=O)O)nc21. The van der Waals surface area contributed by atoms with Crippen LogP contribution < -0.4 is 11.4 Å². The summed E-state index contributed by atoms with van der Waals surface area (Å²) < 4.78 is 1.49. The normalized spacial score (nSPS) is 12.0. The standard InChI is InChI=1S/C13H17N5O3S/c1-3-7(2)6-18-11-9(15-13(18)21)10(14)16-12(17-11)22-5-4-8(19)20/h3H,4-6H2,1-2H3,(H,15,21)(H,19,20)(H2,14,16,17)/b7-3+. The first-order chi connectivity index (χ1) is 10.4. The topological polar surface area (TPSA) is 127 Å². The molecule has 4 N–H and O–H groups in total. The molecule has 9 heteroatoms. The summed E-state index contributed by atoms with van der Waals surface area (Å²) in [6.07, 6.45) is 1.92. The van der Waals surface area contributed by atoms with Crippen LogP contribution in [0.5, 0.6) is 0 Å². The van der Waals surface area contributed by atoms with E-state index in [-0.39, 0.29) is 17.9 Å². The molecule has 2 heterocycles. The van der Waals surface area contributed by atoms with Gasteiger partial charge in [0.2, 0.25) is 0 Å². The third kappa shape index (κ3) is 3.48. The average molecular weight is 323 g/mol. The summed E-state index contributed by atoms with van der Waals surface area (Å²) >= 11 is 1.19. The number of H-pyrrole nitrogens is 1. The van der Waals surface area contributed by atoms with E-state index >= 15 is 0 Å². The summed E-state index contributed by atoms with van der Waals surface area (Å²) in [5.41, 5.74) is 7.40. The van der Waals surface area contributed by atoms with Crippen molar-refractivity contribution in [1.82, 2.24) is 19.5 Å². The minimum atomic E-state index is -0.885. The van der Waals surface area contributed by atoms with Crippen LogP contribution >= 0.6 is 11.8 Å². The lowest BCUT2D eigenvalue weighted by Crippen LogP contribution is -2.17. The maximum Gasteiger partial charge on any atom is 0.328 e. The minimum Gasteiger partial charge on any atom is -0.481 e. The highest BCUT2D eigenvalue weighted by molar-refractivity contribution is 7.99. The van der Waals surface area contributed by atoms with Gasteiger partial charge >= 0.3 is 11.7 Å². The van der Waals surface area contributed by atoms with Crippen molar-refractivity contribution in [2.45, 2.75) is 32.0 Å². The van der Waals surface area contributed by atoms with Gasteiger partial charge in [-0.2, -0.15) is 0 Å². The molecule has 2 aromatic rings. The van der Waals surface area contributed by atoms with Crippen LogP contribution in [0.3, 0.4) is 0 Å². The monoisotopic (exact) mass is 323 g/mol. The molecule has 0 aliphatic rings. The Morgan fingerprint density at radius 2 is 2.23 bits per heavy atom. The van der Waals surface area contributed by atoms with E-state index < -0.39 is 5.97 Å². The smallest absolute Gasteiger partial charge is 0.328 e. The molecule has 8 nitrogen and oxygen atoms in total. The van der Waals surface area contributed by atoms with Crippen LogP contribution in [0.4, 0.5) is 5.82 Å². The zero-order valence-corrected chi connectivity index (χ0v) is 13.1. The maximum absolute atomic E-state index is 12.0. The largest absolute Gasteiger partial charge is 0.481 e. The van der Waals surface area contributed by atoms with Crippen molar-refractivity contribution >= 4 is 34.7 Å². The number of nitrogens with two attached hydrogens (primary N) is 1. The van der Waals surface area contributed by atoms with E-state index in [1.165, 1.54) is 16.3 Å². The van der Waals surface area contributed by atoms with Gasteiger partial charge in [0, 0.05) is 12.3 Å². The van der Waals surface area contributed by atoms with Crippen LogP contribution in [0.25, 0.3) is 11.2 Å². The molecule has 0 aliphatic carbocycles. The molecule has 0 atom stereocenters. The lowest BCUT2D eigenvalue weighted by molar-refractivity contribution is -0.136. The van der Waals surface area contributed by atoms with Crippen molar-refractivity contribution in [3.05, 3.63) is 22.1 Å². The molecular formula is C13H17N5O3S. The molecule has 2 aromatic heterocycles. The minimum absolute atomic E-state index is 0.00356. The number of nitrogen functional groups attached to an aromatic ring is 1. The van der Waals surface area contributed by atoms with E-state index in [1.807, 2.05) is 19.9 Å². The molecule has 0 bridgehead atoms. The van der Waals surface area contributed by atoms with Gasteiger partial charge in [-0.25, -0.2) is 14.8 Å². The number of fused-ring (bicyclic) bond motifs is 1. The number of thioether (sulfide) groups is 1. The van der Waals surface area contributed by atoms with Gasteiger partial charge in [0.25, 0.3) is 0 Å². The molecular weight excluding hydrogens is 306 g/mol. The second-order valence-electron chi connectivity index (χ2n) is 4.73. The van der Waals surface area contributed by atoms with Crippen LogP contribution in [-0.2, 0) is 11.3 Å². The first-order valence-electron chi connectivity index (χ1n) is 6.64. The van der Waals surface area contributed by atoms with Gasteiger partial charge in [0.15, 0.2) is 16.6 Å². The number of hydrogen-bond donors (Lipinski definition) is 3. The van der Waals surface area contributed by atoms with Crippen LogP contribution in [0, 0.1) is 0 Å². The van der Waals surface area contributed by atoms with Gasteiger partial charge < -0.3 is 15.8 Å². The third-order valence-corrected chi connectivity index (χ3v) is 3.93. The predicted molar refractivity (Wildman–Crippen MR) is 85.0 cm³/mol. The fourth-order valence-electron chi connectivity index (χ4n) is 1.81. The zero-order valence-electron chi connectivity index (χ0n) is 12.3. The second kappa shape index (κ2) is 6.65. The summed E-state index contributed by atoms with van der Waals surface area (Å²) in [7, 11) is 0. The molecule has 22 heavy (non-hydrogen) atoms. The van der Waals surface area contributed by atoms with Gasteiger partial charge in [-0.05, 0) is 13.8 Å². The summed E-state index contributed by atoms with van der Waals surface area (Å²) in [5.74, 6) is -0.372. The maximum atomic E-state index is 12.0. The number of aromatic amines is 1. The predicted octanol–water partition coefficient (Wildman–Crippen LogP) is 1.23. The molecule has 0 aromatic carbocycles. The Hall–Kier alpha value is -2.29. The van der Waals surface area contributed by atoms with Crippen LogP contribution in [0.15, 0.2) is 21.6 Å². The molecule has 0 radical (unpaired) electrons. The molecule has 0 aliphatic heterocycles. The number of rotatable bonds is 6. The lowest BCUT2D eigenvalue weighted by Gasteiger charge is -2.05. The highest BCUT2D eigenvalue weighted by atomic mass is 32.2. The van der Waals surface area contributed by atoms with Crippen molar-refractivity contribution in [2.75, 3.05) is 11.5 Å². The van der Waals surface area contributed by atoms with E-state index in [0.717, 1.165) is 5.57 Å². The number of carboxylic acids is 1. The fraction of sp³-hybridized carbons (Fsp3) is 0.385. The summed E-state index contributed by atoms with van der Waals surface area (Å²) in [6.45, 7) is 4.22. The Morgan fingerprint density at radius 3 is 2.86 bits per heavy atom. The third-order valence-electron chi connectivity index (χ3n) is 3.08. The number of hydrogen-bond acceptors (Lipinski definition) is 6. The number of aromatic nitrogens is 4. The molecule has 2 rings (SSSR count). The molecule has 0 saturated carbocycles. The van der Waals surface area contributed by atoms with Crippen LogP contribution in [-0.4, -0.2) is 36.3 Å². The molecule has 0 saturated heterocycles. The lowest BCUT2D eigenvalue weighted by atomic mass is 10.3. The van der Waals surface area contributed by atoms with Crippen molar-refractivity contribution in [1.29, 1.82) is 0 Å². The number of imidazole rings is 1. The van der Waals surface area contributed by atoms with Gasteiger partial charge in [-0.3, -0.25) is 9.36 Å². The number of carbonyl (C=O) groups is 1.